The Morgan fingerprint density at radius 3 is 2.53 bits per heavy atom. The molecule has 0 aliphatic heterocycles. The summed E-state index contributed by atoms with van der Waals surface area (Å²) in [6.45, 7) is 1.42. The summed E-state index contributed by atoms with van der Waals surface area (Å²) in [5.74, 6) is -2.30. The summed E-state index contributed by atoms with van der Waals surface area (Å²) in [4.78, 5) is 10.5. The maximum absolute atomic E-state index is 11.8. The van der Waals surface area contributed by atoms with Crippen molar-refractivity contribution in [1.29, 1.82) is 0 Å². The van der Waals surface area contributed by atoms with Crippen LogP contribution in [0.2, 0.25) is 0 Å². The molecule has 0 unspecified atom stereocenters. The van der Waals surface area contributed by atoms with Crippen LogP contribution in [0.15, 0.2) is 12.0 Å². The first-order valence-electron chi connectivity index (χ1n) is 4.22. The van der Waals surface area contributed by atoms with Gasteiger partial charge in [0, 0.05) is 6.54 Å². The van der Waals surface area contributed by atoms with E-state index in [1.54, 1.807) is 6.92 Å². The summed E-state index contributed by atoms with van der Waals surface area (Å²) in [6.07, 6.45) is -4.59. The molecule has 0 aromatic carbocycles. The first-order valence-corrected chi connectivity index (χ1v) is 4.22. The second kappa shape index (κ2) is 6.28. The van der Waals surface area contributed by atoms with Gasteiger partial charge >= 0.3 is 6.18 Å². The van der Waals surface area contributed by atoms with Gasteiger partial charge in [-0.15, -0.1) is 0 Å². The van der Waals surface area contributed by atoms with Crippen LogP contribution in [0.25, 0.3) is 0 Å². The SMILES string of the molecule is CCO/C(=C/C(=O)C(F)(F)F)NCCO. The van der Waals surface area contributed by atoms with Gasteiger partial charge in [0.05, 0.1) is 19.3 Å². The van der Waals surface area contributed by atoms with Crippen LogP contribution >= 0.6 is 0 Å². The first-order chi connectivity index (χ1) is 6.91. The van der Waals surface area contributed by atoms with Gasteiger partial charge in [-0.25, -0.2) is 0 Å². The van der Waals surface area contributed by atoms with Gasteiger partial charge in [0.1, 0.15) is 0 Å². The number of ketones is 1. The average Bonchev–Trinajstić information content (AvgIpc) is 2.13. The standard InChI is InChI=1S/C8H12F3NO3/c1-2-15-7(12-3-4-13)5-6(14)8(9,10)11/h5,12-13H,2-4H2,1H3/b7-5+. The normalized spacial score (nSPS) is 12.5. The first kappa shape index (κ1) is 13.8. The Labute approximate surface area is 84.7 Å². The molecule has 0 aliphatic carbocycles. The monoisotopic (exact) mass is 227 g/mol. The van der Waals surface area contributed by atoms with E-state index in [4.69, 9.17) is 9.84 Å². The highest BCUT2D eigenvalue weighted by atomic mass is 19.4. The van der Waals surface area contributed by atoms with Crippen molar-refractivity contribution in [3.05, 3.63) is 12.0 Å². The molecule has 0 rings (SSSR count). The van der Waals surface area contributed by atoms with Crippen molar-refractivity contribution < 1.29 is 27.8 Å². The van der Waals surface area contributed by atoms with Gasteiger partial charge in [0.2, 0.25) is 0 Å². The van der Waals surface area contributed by atoms with E-state index >= 15 is 0 Å². The van der Waals surface area contributed by atoms with E-state index in [1.165, 1.54) is 0 Å². The Morgan fingerprint density at radius 2 is 2.13 bits per heavy atom. The predicted octanol–water partition coefficient (Wildman–Crippen LogP) is 0.578. The maximum atomic E-state index is 11.8. The number of nitrogens with one attached hydrogen (secondary N) is 1. The molecule has 4 nitrogen and oxygen atoms in total. The minimum atomic E-state index is -4.91. The van der Waals surface area contributed by atoms with Gasteiger partial charge < -0.3 is 15.2 Å². The molecular weight excluding hydrogens is 215 g/mol. The number of carbonyl (C=O) groups excluding carboxylic acids is 1. The topological polar surface area (TPSA) is 58.6 Å². The molecule has 0 radical (unpaired) electrons. The van der Waals surface area contributed by atoms with Crippen LogP contribution in [0.3, 0.4) is 0 Å². The third kappa shape index (κ3) is 5.95. The molecular formula is C8H12F3NO3. The van der Waals surface area contributed by atoms with Crippen LogP contribution in [0, 0.1) is 0 Å². The second-order valence-electron chi connectivity index (χ2n) is 2.45. The zero-order chi connectivity index (χ0) is 11.9. The molecule has 2 N–H and O–H groups in total. The highest BCUT2D eigenvalue weighted by molar-refractivity contribution is 5.94. The molecule has 0 aliphatic rings. The van der Waals surface area contributed by atoms with E-state index in [2.05, 4.69) is 5.32 Å². The third-order valence-electron chi connectivity index (χ3n) is 1.25. The Hall–Kier alpha value is -1.24. The summed E-state index contributed by atoms with van der Waals surface area (Å²) in [5.41, 5.74) is 0. The molecule has 0 heterocycles. The Morgan fingerprint density at radius 1 is 1.53 bits per heavy atom. The molecule has 0 bridgehead atoms. The minimum absolute atomic E-state index is 0.0109. The third-order valence-corrected chi connectivity index (χ3v) is 1.25. The molecule has 0 fully saturated rings. The average molecular weight is 227 g/mol. The second-order valence-corrected chi connectivity index (χ2v) is 2.45. The molecule has 0 amide bonds. The smallest absolute Gasteiger partial charge is 0.454 e. The van der Waals surface area contributed by atoms with Crippen LogP contribution in [0.4, 0.5) is 13.2 Å². The van der Waals surface area contributed by atoms with E-state index in [-0.39, 0.29) is 25.6 Å². The van der Waals surface area contributed by atoms with Gasteiger partial charge in [0.15, 0.2) is 5.88 Å². The van der Waals surface area contributed by atoms with Gasteiger partial charge in [0.25, 0.3) is 5.78 Å². The van der Waals surface area contributed by atoms with Gasteiger partial charge in [-0.05, 0) is 6.92 Å². The molecule has 0 atom stereocenters. The van der Waals surface area contributed by atoms with E-state index in [1.807, 2.05) is 0 Å². The quantitative estimate of drug-likeness (QED) is 0.514. The Kier molecular flexibility index (Phi) is 5.76. The van der Waals surface area contributed by atoms with Crippen molar-refractivity contribution in [2.75, 3.05) is 19.8 Å². The van der Waals surface area contributed by atoms with Gasteiger partial charge in [-0.1, -0.05) is 0 Å². The van der Waals surface area contributed by atoms with Crippen molar-refractivity contribution in [2.45, 2.75) is 13.1 Å². The zero-order valence-electron chi connectivity index (χ0n) is 8.10. The number of hydrogen-bond acceptors (Lipinski definition) is 4. The number of rotatable bonds is 6. The summed E-state index contributed by atoms with van der Waals surface area (Å²) in [7, 11) is 0. The van der Waals surface area contributed by atoms with Gasteiger partial charge in [-0.2, -0.15) is 13.2 Å². The molecule has 0 saturated carbocycles. The molecule has 88 valence electrons. The lowest BCUT2D eigenvalue weighted by Crippen LogP contribution is -2.25. The highest BCUT2D eigenvalue weighted by Gasteiger charge is 2.37. The predicted molar refractivity (Wildman–Crippen MR) is 45.9 cm³/mol. The lowest BCUT2D eigenvalue weighted by Gasteiger charge is -2.10. The van der Waals surface area contributed by atoms with Crippen molar-refractivity contribution in [1.82, 2.24) is 5.32 Å². The largest absolute Gasteiger partial charge is 0.479 e. The van der Waals surface area contributed by atoms with E-state index < -0.39 is 12.0 Å². The van der Waals surface area contributed by atoms with Crippen molar-refractivity contribution in [2.24, 2.45) is 0 Å². The molecule has 0 aromatic rings. The van der Waals surface area contributed by atoms with E-state index in [9.17, 15) is 18.0 Å². The number of aliphatic hydroxyl groups excluding tert-OH is 1. The number of alkyl halides is 3. The number of carbonyl (C=O) groups is 1. The fraction of sp³-hybridized carbons (Fsp3) is 0.625. The zero-order valence-corrected chi connectivity index (χ0v) is 8.10. The maximum Gasteiger partial charge on any atom is 0.454 e. The lowest BCUT2D eigenvalue weighted by molar-refractivity contribution is -0.165. The van der Waals surface area contributed by atoms with Crippen LogP contribution in [0.1, 0.15) is 6.92 Å². The van der Waals surface area contributed by atoms with E-state index in [0.29, 0.717) is 6.08 Å². The fourth-order valence-corrected chi connectivity index (χ4v) is 0.679. The number of halogens is 3. The number of aliphatic hydroxyl groups is 1. The van der Waals surface area contributed by atoms with Crippen LogP contribution in [-0.2, 0) is 9.53 Å². The van der Waals surface area contributed by atoms with Crippen LogP contribution in [0.5, 0.6) is 0 Å². The summed E-state index contributed by atoms with van der Waals surface area (Å²) in [6, 6.07) is 0. The summed E-state index contributed by atoms with van der Waals surface area (Å²) < 4.78 is 40.3. The van der Waals surface area contributed by atoms with Crippen molar-refractivity contribution in [3.8, 4) is 0 Å². The number of allylic oxidation sites excluding steroid dienone is 1. The minimum Gasteiger partial charge on any atom is -0.479 e. The summed E-state index contributed by atoms with van der Waals surface area (Å²) in [5, 5.41) is 10.8. The number of hydrogen-bond donors (Lipinski definition) is 2. The van der Waals surface area contributed by atoms with E-state index in [0.717, 1.165) is 0 Å². The van der Waals surface area contributed by atoms with Crippen molar-refractivity contribution >= 4 is 5.78 Å². The Balaban J connectivity index is 4.45. The number of ether oxygens (including phenoxy) is 1. The molecule has 0 spiro atoms. The molecule has 15 heavy (non-hydrogen) atoms. The van der Waals surface area contributed by atoms with Crippen LogP contribution in [-0.4, -0.2) is 36.8 Å². The fourth-order valence-electron chi connectivity index (χ4n) is 0.679. The van der Waals surface area contributed by atoms with Crippen LogP contribution < -0.4 is 5.32 Å². The lowest BCUT2D eigenvalue weighted by atomic mass is 10.3. The molecule has 0 aromatic heterocycles. The Bertz CT molecular complexity index is 238. The highest BCUT2D eigenvalue weighted by Crippen LogP contribution is 2.17. The summed E-state index contributed by atoms with van der Waals surface area (Å²) >= 11 is 0. The molecule has 0 saturated heterocycles. The molecule has 7 heteroatoms. The van der Waals surface area contributed by atoms with Crippen molar-refractivity contribution in [3.63, 3.8) is 0 Å². The van der Waals surface area contributed by atoms with Gasteiger partial charge in [-0.3, -0.25) is 4.79 Å².